The summed E-state index contributed by atoms with van der Waals surface area (Å²) in [7, 11) is 0. The maximum Gasteiger partial charge on any atom is 0.256 e. The van der Waals surface area contributed by atoms with Crippen molar-refractivity contribution in [1.82, 2.24) is 0 Å². The summed E-state index contributed by atoms with van der Waals surface area (Å²) < 4.78 is 0.641. The Kier molecular flexibility index (Phi) is 4.66. The highest BCUT2D eigenvalue weighted by Crippen LogP contribution is 2.37. The number of amidine groups is 1. The van der Waals surface area contributed by atoms with Crippen LogP contribution in [0, 0.1) is 10.8 Å². The molecule has 0 radical (unpaired) electrons. The predicted molar refractivity (Wildman–Crippen MR) is 95.7 cm³/mol. The summed E-state index contributed by atoms with van der Waals surface area (Å²) in [5.74, 6) is -1.93. The van der Waals surface area contributed by atoms with Crippen molar-refractivity contribution in [3.05, 3.63) is 51.8 Å². The topological polar surface area (TPSA) is 107 Å². The number of amides is 1. The summed E-state index contributed by atoms with van der Waals surface area (Å²) in [6, 6.07) is 6.99. The number of halogens is 1. The van der Waals surface area contributed by atoms with Gasteiger partial charge in [-0.3, -0.25) is 19.9 Å². The lowest BCUT2D eigenvalue weighted by molar-refractivity contribution is -0.121. The van der Waals surface area contributed by atoms with Crippen molar-refractivity contribution in [2.24, 2.45) is 11.1 Å². The number of anilines is 1. The van der Waals surface area contributed by atoms with Crippen LogP contribution in [0.15, 0.2) is 51.8 Å². The van der Waals surface area contributed by atoms with Crippen molar-refractivity contribution in [2.75, 3.05) is 4.90 Å². The first-order chi connectivity index (χ1) is 11.1. The van der Waals surface area contributed by atoms with Gasteiger partial charge in [0.25, 0.3) is 5.91 Å². The number of nitrogens with zero attached hydrogens (tertiary/aromatic N) is 1. The average Bonchev–Trinajstić information content (AvgIpc) is 2.70. The fourth-order valence-electron chi connectivity index (χ4n) is 2.17. The van der Waals surface area contributed by atoms with Crippen LogP contribution in [-0.2, 0) is 9.59 Å². The Morgan fingerprint density at radius 2 is 1.88 bits per heavy atom. The molecule has 1 aliphatic heterocycles. The number of nitrogens with one attached hydrogen (secondary N) is 1. The number of benzene rings is 1. The second kappa shape index (κ2) is 6.24. The second-order valence-electron chi connectivity index (χ2n) is 6.37. The minimum absolute atomic E-state index is 0.0561. The number of carbonyl (C=O) groups excluding carboxylic acids is 2. The summed E-state index contributed by atoms with van der Waals surface area (Å²) in [5, 5.41) is 18.6. The van der Waals surface area contributed by atoms with Gasteiger partial charge in [-0.05, 0) is 28.1 Å². The number of ketones is 1. The molecule has 0 saturated carbocycles. The molecule has 0 aliphatic carbocycles. The fraction of sp³-hybridized carbons (Fsp3) is 0.235. The molecule has 0 unspecified atom stereocenters. The third-order valence-electron chi connectivity index (χ3n) is 3.53. The van der Waals surface area contributed by atoms with E-state index in [1.54, 1.807) is 45.0 Å². The van der Waals surface area contributed by atoms with Crippen molar-refractivity contribution in [1.29, 1.82) is 5.41 Å². The van der Waals surface area contributed by atoms with Crippen LogP contribution < -0.4 is 10.6 Å². The number of hydrogen-bond acceptors (Lipinski definition) is 4. The number of rotatable bonds is 3. The molecule has 1 aliphatic rings. The zero-order valence-electron chi connectivity index (χ0n) is 13.6. The minimum Gasteiger partial charge on any atom is -0.505 e. The van der Waals surface area contributed by atoms with Gasteiger partial charge in [0, 0.05) is 16.0 Å². The number of para-hydroxylation sites is 1. The summed E-state index contributed by atoms with van der Waals surface area (Å²) in [5.41, 5.74) is 4.86. The van der Waals surface area contributed by atoms with Crippen LogP contribution in [0.25, 0.3) is 0 Å². The van der Waals surface area contributed by atoms with Gasteiger partial charge in [-0.25, -0.2) is 0 Å². The SMILES string of the molecule is CC(C)(C)C(=O)C=C1C(O)=C(C(N)=O)C(=N)N1c1ccccc1Br. The number of allylic oxidation sites excluding steroid dienone is 1. The quantitative estimate of drug-likeness (QED) is 0.687. The van der Waals surface area contributed by atoms with E-state index in [9.17, 15) is 14.7 Å². The molecule has 4 N–H and O–H groups in total. The van der Waals surface area contributed by atoms with Crippen LogP contribution >= 0.6 is 15.9 Å². The summed E-state index contributed by atoms with van der Waals surface area (Å²) >= 11 is 3.38. The molecule has 1 aromatic rings. The maximum absolute atomic E-state index is 12.4. The van der Waals surface area contributed by atoms with E-state index in [1.807, 2.05) is 0 Å². The van der Waals surface area contributed by atoms with Crippen LogP contribution in [0.3, 0.4) is 0 Å². The number of carbonyl (C=O) groups is 2. The van der Waals surface area contributed by atoms with Gasteiger partial charge in [0.05, 0.1) is 11.4 Å². The molecule has 0 bridgehead atoms. The van der Waals surface area contributed by atoms with Crippen molar-refractivity contribution in [3.63, 3.8) is 0 Å². The molecule has 1 aromatic carbocycles. The van der Waals surface area contributed by atoms with E-state index >= 15 is 0 Å². The van der Waals surface area contributed by atoms with E-state index in [0.717, 1.165) is 0 Å². The number of aliphatic hydroxyl groups excluding tert-OH is 1. The van der Waals surface area contributed by atoms with Gasteiger partial charge in [0.1, 0.15) is 11.4 Å². The Morgan fingerprint density at radius 1 is 1.29 bits per heavy atom. The van der Waals surface area contributed by atoms with Gasteiger partial charge in [-0.15, -0.1) is 0 Å². The van der Waals surface area contributed by atoms with Crippen LogP contribution in [0.2, 0.25) is 0 Å². The number of hydrogen-bond donors (Lipinski definition) is 3. The van der Waals surface area contributed by atoms with Gasteiger partial charge in [-0.1, -0.05) is 32.9 Å². The maximum atomic E-state index is 12.4. The third-order valence-corrected chi connectivity index (χ3v) is 4.20. The molecule has 0 atom stereocenters. The van der Waals surface area contributed by atoms with Gasteiger partial charge in [0.2, 0.25) is 0 Å². The highest BCUT2D eigenvalue weighted by molar-refractivity contribution is 9.10. The zero-order valence-corrected chi connectivity index (χ0v) is 15.1. The van der Waals surface area contributed by atoms with Crippen molar-refractivity contribution >= 4 is 39.1 Å². The van der Waals surface area contributed by atoms with Crippen LogP contribution in [0.1, 0.15) is 20.8 Å². The van der Waals surface area contributed by atoms with Gasteiger partial charge in [-0.2, -0.15) is 0 Å². The third kappa shape index (κ3) is 3.12. The zero-order chi connectivity index (χ0) is 18.2. The predicted octanol–water partition coefficient (Wildman–Crippen LogP) is 3.04. The average molecular weight is 392 g/mol. The van der Waals surface area contributed by atoms with Crippen LogP contribution in [-0.4, -0.2) is 22.6 Å². The molecule has 2 rings (SSSR count). The van der Waals surface area contributed by atoms with Gasteiger partial charge in [0.15, 0.2) is 11.5 Å². The van der Waals surface area contributed by atoms with Crippen molar-refractivity contribution in [3.8, 4) is 0 Å². The lowest BCUT2D eigenvalue weighted by Crippen LogP contribution is -2.30. The molecule has 0 saturated heterocycles. The molecule has 1 heterocycles. The van der Waals surface area contributed by atoms with E-state index in [2.05, 4.69) is 15.9 Å². The highest BCUT2D eigenvalue weighted by Gasteiger charge is 2.38. The monoisotopic (exact) mass is 391 g/mol. The minimum atomic E-state index is -0.929. The van der Waals surface area contributed by atoms with Gasteiger partial charge < -0.3 is 10.8 Å². The Balaban J connectivity index is 2.67. The van der Waals surface area contributed by atoms with Crippen LogP contribution in [0.5, 0.6) is 0 Å². The standard InChI is InChI=1S/C17H18BrN3O3/c1-17(2,3)12(22)8-11-14(23)13(16(20)24)15(19)21(11)10-7-5-4-6-9(10)18/h4-8,19,23H,1-3H3,(H2,20,24). The number of primary amides is 1. The summed E-state index contributed by atoms with van der Waals surface area (Å²) in [6.07, 6.45) is 1.24. The molecule has 0 spiro atoms. The molecule has 6 nitrogen and oxygen atoms in total. The number of aliphatic hydroxyl groups is 1. The van der Waals surface area contributed by atoms with Crippen molar-refractivity contribution in [2.45, 2.75) is 20.8 Å². The molecule has 126 valence electrons. The molecule has 1 amide bonds. The lowest BCUT2D eigenvalue weighted by Gasteiger charge is -2.23. The lowest BCUT2D eigenvalue weighted by atomic mass is 9.90. The molecule has 0 fully saturated rings. The largest absolute Gasteiger partial charge is 0.505 e. The van der Waals surface area contributed by atoms with E-state index in [0.29, 0.717) is 10.2 Å². The first kappa shape index (κ1) is 17.9. The normalized spacial score (nSPS) is 16.9. The Hall–Kier alpha value is -2.41. The van der Waals surface area contributed by atoms with E-state index in [-0.39, 0.29) is 22.9 Å². The fourth-order valence-corrected chi connectivity index (χ4v) is 2.63. The second-order valence-corrected chi connectivity index (χ2v) is 7.22. The Morgan fingerprint density at radius 3 is 2.38 bits per heavy atom. The summed E-state index contributed by atoms with van der Waals surface area (Å²) in [6.45, 7) is 5.22. The van der Waals surface area contributed by atoms with Crippen molar-refractivity contribution < 1.29 is 14.7 Å². The highest BCUT2D eigenvalue weighted by atomic mass is 79.9. The molecule has 0 aromatic heterocycles. The van der Waals surface area contributed by atoms with Gasteiger partial charge >= 0.3 is 0 Å². The van der Waals surface area contributed by atoms with E-state index in [4.69, 9.17) is 11.1 Å². The first-order valence-corrected chi connectivity index (χ1v) is 7.98. The molecular weight excluding hydrogens is 374 g/mol. The Bertz CT molecular complexity index is 804. The van der Waals surface area contributed by atoms with E-state index < -0.39 is 17.1 Å². The smallest absolute Gasteiger partial charge is 0.256 e. The van der Waals surface area contributed by atoms with E-state index in [1.165, 1.54) is 11.0 Å². The Labute approximate surface area is 148 Å². The summed E-state index contributed by atoms with van der Waals surface area (Å²) in [4.78, 5) is 25.3. The molecular formula is C17H18BrN3O3. The molecule has 24 heavy (non-hydrogen) atoms. The first-order valence-electron chi connectivity index (χ1n) is 7.19. The number of nitrogens with two attached hydrogens (primary N) is 1. The van der Waals surface area contributed by atoms with Crippen LogP contribution in [0.4, 0.5) is 5.69 Å². The molecule has 7 heteroatoms.